The van der Waals surface area contributed by atoms with Crippen molar-refractivity contribution in [2.24, 2.45) is 0 Å². The van der Waals surface area contributed by atoms with Gasteiger partial charge in [-0.05, 0) is 81.3 Å². The number of nitrogens with zero attached hydrogens (tertiary/aromatic N) is 1. The third-order valence-electron chi connectivity index (χ3n) is 5.08. The molecule has 2 amide bonds. The van der Waals surface area contributed by atoms with Crippen LogP contribution < -0.4 is 14.2 Å². The summed E-state index contributed by atoms with van der Waals surface area (Å²) in [6.07, 6.45) is 1.69. The van der Waals surface area contributed by atoms with Gasteiger partial charge >= 0.3 is 0 Å². The largest absolute Gasteiger partial charge is 0.493 e. The molecule has 1 aliphatic heterocycles. The molecule has 1 fully saturated rings. The van der Waals surface area contributed by atoms with Gasteiger partial charge in [-0.25, -0.2) is 0 Å². The smallest absolute Gasteiger partial charge is 0.293 e. The molecule has 0 N–H and O–H groups in total. The number of ether oxygens (including phenoxy) is 3. The first-order valence-electron chi connectivity index (χ1n) is 10.6. The van der Waals surface area contributed by atoms with E-state index < -0.39 is 0 Å². The maximum absolute atomic E-state index is 12.8. The third kappa shape index (κ3) is 6.39. The van der Waals surface area contributed by atoms with Crippen LogP contribution in [0, 0.1) is 0 Å². The molecule has 9 heteroatoms. The first-order chi connectivity index (χ1) is 16.9. The van der Waals surface area contributed by atoms with Gasteiger partial charge in [0, 0.05) is 5.02 Å². The standard InChI is InChI=1S/C26H21BrClNO5S/c1-32-22-4-2-3-5-23(22)33-13-12-29-25(30)24(35-26(29)31)15-18-8-11-21(20(27)14-18)34-16-17-6-9-19(28)10-7-17/h2-11,14-15H,12-13,16H2,1H3/b24-15-. The van der Waals surface area contributed by atoms with E-state index in [1.54, 1.807) is 25.3 Å². The van der Waals surface area contributed by atoms with E-state index in [1.165, 1.54) is 4.90 Å². The molecule has 0 radical (unpaired) electrons. The van der Waals surface area contributed by atoms with Crippen molar-refractivity contribution in [3.8, 4) is 17.2 Å². The zero-order valence-corrected chi connectivity index (χ0v) is 21.9. The summed E-state index contributed by atoms with van der Waals surface area (Å²) in [5.41, 5.74) is 1.76. The molecule has 0 saturated carbocycles. The summed E-state index contributed by atoms with van der Waals surface area (Å²) in [7, 11) is 1.56. The molecule has 1 aliphatic rings. The SMILES string of the molecule is COc1ccccc1OCCN1C(=O)S/C(=C\c2ccc(OCc3ccc(Cl)cc3)c(Br)c2)C1=O. The number of carbonyl (C=O) groups excluding carboxylic acids is 2. The predicted molar refractivity (Wildman–Crippen MR) is 141 cm³/mol. The Morgan fingerprint density at radius 3 is 2.43 bits per heavy atom. The highest BCUT2D eigenvalue weighted by atomic mass is 79.9. The quantitative estimate of drug-likeness (QED) is 0.262. The van der Waals surface area contributed by atoms with Gasteiger partial charge in [-0.2, -0.15) is 0 Å². The van der Waals surface area contributed by atoms with Gasteiger partial charge in [-0.3, -0.25) is 14.5 Å². The molecule has 4 rings (SSSR count). The molecule has 1 heterocycles. The molecule has 0 atom stereocenters. The Labute approximate surface area is 220 Å². The Morgan fingerprint density at radius 2 is 1.71 bits per heavy atom. The average molecular weight is 575 g/mol. The first-order valence-corrected chi connectivity index (χ1v) is 12.6. The van der Waals surface area contributed by atoms with Crippen LogP contribution >= 0.6 is 39.3 Å². The van der Waals surface area contributed by atoms with Gasteiger partial charge in [0.1, 0.15) is 19.0 Å². The molecular weight excluding hydrogens is 554 g/mol. The molecule has 0 bridgehead atoms. The van der Waals surface area contributed by atoms with Gasteiger partial charge in [0.25, 0.3) is 11.1 Å². The topological polar surface area (TPSA) is 65.1 Å². The molecule has 0 aromatic heterocycles. The number of rotatable bonds is 9. The lowest BCUT2D eigenvalue weighted by molar-refractivity contribution is -0.123. The first kappa shape index (κ1) is 25.2. The molecule has 3 aromatic carbocycles. The molecular formula is C26H21BrClNO5S. The van der Waals surface area contributed by atoms with Crippen LogP contribution in [0.2, 0.25) is 5.02 Å². The lowest BCUT2D eigenvalue weighted by atomic mass is 10.2. The number of halogens is 2. The summed E-state index contributed by atoms with van der Waals surface area (Å²) in [5, 5.41) is 0.347. The van der Waals surface area contributed by atoms with Crippen LogP contribution in [0.3, 0.4) is 0 Å². The lowest BCUT2D eigenvalue weighted by Crippen LogP contribution is -2.32. The van der Waals surface area contributed by atoms with Crippen LogP contribution in [-0.2, 0) is 11.4 Å². The van der Waals surface area contributed by atoms with Crippen molar-refractivity contribution in [2.45, 2.75) is 6.61 Å². The van der Waals surface area contributed by atoms with Crippen molar-refractivity contribution >= 4 is 56.5 Å². The number of imide groups is 1. The van der Waals surface area contributed by atoms with E-state index in [4.69, 9.17) is 25.8 Å². The minimum absolute atomic E-state index is 0.140. The Kier molecular flexibility index (Phi) is 8.38. The van der Waals surface area contributed by atoms with E-state index in [0.717, 1.165) is 27.4 Å². The number of hydrogen-bond acceptors (Lipinski definition) is 6. The highest BCUT2D eigenvalue weighted by molar-refractivity contribution is 9.10. The van der Waals surface area contributed by atoms with E-state index in [9.17, 15) is 9.59 Å². The Hall–Kier alpha value is -2.94. The van der Waals surface area contributed by atoms with Crippen LogP contribution in [0.5, 0.6) is 17.2 Å². The van der Waals surface area contributed by atoms with Crippen LogP contribution in [0.25, 0.3) is 6.08 Å². The molecule has 6 nitrogen and oxygen atoms in total. The fourth-order valence-electron chi connectivity index (χ4n) is 3.29. The summed E-state index contributed by atoms with van der Waals surface area (Å²) in [4.78, 5) is 26.8. The molecule has 0 aliphatic carbocycles. The van der Waals surface area contributed by atoms with Gasteiger partial charge < -0.3 is 14.2 Å². The summed E-state index contributed by atoms with van der Waals surface area (Å²) < 4.78 is 17.6. The van der Waals surface area contributed by atoms with Gasteiger partial charge in [-0.1, -0.05) is 41.9 Å². The average Bonchev–Trinajstić information content (AvgIpc) is 3.12. The minimum atomic E-state index is -0.345. The normalized spacial score (nSPS) is 14.5. The number of thioether (sulfide) groups is 1. The molecule has 0 unspecified atom stereocenters. The minimum Gasteiger partial charge on any atom is -0.493 e. The number of para-hydroxylation sites is 2. The second kappa shape index (κ2) is 11.7. The van der Waals surface area contributed by atoms with Crippen molar-refractivity contribution in [1.29, 1.82) is 0 Å². The van der Waals surface area contributed by atoms with Crippen molar-refractivity contribution in [3.05, 3.63) is 92.3 Å². The zero-order valence-electron chi connectivity index (χ0n) is 18.7. The highest BCUT2D eigenvalue weighted by Gasteiger charge is 2.34. The van der Waals surface area contributed by atoms with E-state index in [1.807, 2.05) is 54.6 Å². The van der Waals surface area contributed by atoms with Crippen LogP contribution in [0.15, 0.2) is 76.1 Å². The van der Waals surface area contributed by atoms with Crippen LogP contribution in [0.4, 0.5) is 4.79 Å². The van der Waals surface area contributed by atoms with Crippen molar-refractivity contribution < 1.29 is 23.8 Å². The maximum Gasteiger partial charge on any atom is 0.293 e. The Bertz CT molecular complexity index is 1260. The van der Waals surface area contributed by atoms with Crippen LogP contribution in [0.1, 0.15) is 11.1 Å². The van der Waals surface area contributed by atoms with E-state index >= 15 is 0 Å². The Balaban J connectivity index is 1.36. The van der Waals surface area contributed by atoms with Crippen molar-refractivity contribution in [1.82, 2.24) is 4.90 Å². The van der Waals surface area contributed by atoms with Crippen molar-refractivity contribution in [2.75, 3.05) is 20.3 Å². The van der Waals surface area contributed by atoms with E-state index in [-0.39, 0.29) is 24.3 Å². The van der Waals surface area contributed by atoms with Gasteiger partial charge in [0.15, 0.2) is 11.5 Å². The summed E-state index contributed by atoms with van der Waals surface area (Å²) in [6, 6.07) is 20.2. The number of methoxy groups -OCH3 is 1. The van der Waals surface area contributed by atoms with Gasteiger partial charge in [-0.15, -0.1) is 0 Å². The molecule has 1 saturated heterocycles. The Morgan fingerprint density at radius 1 is 0.971 bits per heavy atom. The van der Waals surface area contributed by atoms with Gasteiger partial charge in [0.2, 0.25) is 0 Å². The monoisotopic (exact) mass is 573 g/mol. The number of carbonyl (C=O) groups is 2. The third-order valence-corrected chi connectivity index (χ3v) is 6.86. The fourth-order valence-corrected chi connectivity index (χ4v) is 4.80. The molecule has 180 valence electrons. The lowest BCUT2D eigenvalue weighted by Gasteiger charge is -2.14. The van der Waals surface area contributed by atoms with Gasteiger partial charge in [0.05, 0.1) is 23.0 Å². The van der Waals surface area contributed by atoms with Crippen molar-refractivity contribution in [3.63, 3.8) is 0 Å². The molecule has 3 aromatic rings. The molecule has 35 heavy (non-hydrogen) atoms. The summed E-state index contributed by atoms with van der Waals surface area (Å²) >= 11 is 10.3. The van der Waals surface area contributed by atoms with Crippen LogP contribution in [-0.4, -0.2) is 36.3 Å². The zero-order chi connectivity index (χ0) is 24.8. The predicted octanol–water partition coefficient (Wildman–Crippen LogP) is 6.81. The fraction of sp³-hybridized carbons (Fsp3) is 0.154. The number of amides is 2. The second-order valence-electron chi connectivity index (χ2n) is 7.44. The summed E-state index contributed by atoms with van der Waals surface area (Å²) in [5.74, 6) is 1.47. The van der Waals surface area contributed by atoms with E-state index in [2.05, 4.69) is 15.9 Å². The number of hydrogen-bond donors (Lipinski definition) is 0. The second-order valence-corrected chi connectivity index (χ2v) is 9.72. The highest BCUT2D eigenvalue weighted by Crippen LogP contribution is 2.34. The molecule has 0 spiro atoms. The maximum atomic E-state index is 12.8. The van der Waals surface area contributed by atoms with E-state index in [0.29, 0.717) is 33.8 Å². The number of benzene rings is 3. The summed E-state index contributed by atoms with van der Waals surface area (Å²) in [6.45, 7) is 0.697.